The number of benzene rings is 2. The lowest BCUT2D eigenvalue weighted by atomic mass is 10.1. The van der Waals surface area contributed by atoms with Crippen LogP contribution in [0.4, 0.5) is 11.4 Å². The van der Waals surface area contributed by atoms with Crippen molar-refractivity contribution in [3.05, 3.63) is 44.8 Å². The molecule has 0 aliphatic carbocycles. The summed E-state index contributed by atoms with van der Waals surface area (Å²) in [5, 5.41) is 0. The van der Waals surface area contributed by atoms with E-state index < -0.39 is 0 Å². The van der Waals surface area contributed by atoms with Gasteiger partial charge in [-0.2, -0.15) is 0 Å². The molecule has 2 aromatic rings. The number of carbonyl (C=O) groups excluding carboxylic acids is 1. The number of hydrogen-bond acceptors (Lipinski definition) is 5. The first-order valence-electron chi connectivity index (χ1n) is 6.28. The van der Waals surface area contributed by atoms with Crippen LogP contribution in [0, 0.1) is 0 Å². The minimum absolute atomic E-state index is 0.183. The van der Waals surface area contributed by atoms with Crippen molar-refractivity contribution in [1.82, 2.24) is 0 Å². The number of nitrogens with two attached hydrogens (primary N) is 2. The molecular weight excluding hydrogens is 416 g/mol. The maximum atomic E-state index is 11.3. The van der Waals surface area contributed by atoms with Crippen LogP contribution in [-0.4, -0.2) is 13.1 Å². The van der Waals surface area contributed by atoms with Gasteiger partial charge in [0, 0.05) is 6.07 Å². The van der Waals surface area contributed by atoms with Gasteiger partial charge in [-0.05, 0) is 61.7 Å². The number of methoxy groups -OCH3 is 1. The number of halogens is 2. The number of ether oxygens (including phenoxy) is 2. The van der Waals surface area contributed by atoms with Gasteiger partial charge < -0.3 is 20.9 Å². The molecule has 5 nitrogen and oxygen atoms in total. The van der Waals surface area contributed by atoms with Crippen molar-refractivity contribution in [2.45, 2.75) is 6.42 Å². The molecule has 0 saturated heterocycles. The van der Waals surface area contributed by atoms with Crippen molar-refractivity contribution in [2.24, 2.45) is 0 Å². The quantitative estimate of drug-likeness (QED) is 0.568. The first kappa shape index (κ1) is 16.6. The maximum absolute atomic E-state index is 11.3. The predicted molar refractivity (Wildman–Crippen MR) is 92.9 cm³/mol. The van der Waals surface area contributed by atoms with Crippen molar-refractivity contribution >= 4 is 49.2 Å². The van der Waals surface area contributed by atoms with Crippen LogP contribution in [0.25, 0.3) is 0 Å². The molecule has 0 atom stereocenters. The van der Waals surface area contributed by atoms with Crippen LogP contribution >= 0.6 is 31.9 Å². The smallest absolute Gasteiger partial charge is 0.309 e. The third-order valence-electron chi connectivity index (χ3n) is 2.91. The van der Waals surface area contributed by atoms with E-state index in [1.54, 1.807) is 30.3 Å². The minimum Gasteiger partial charge on any atom is -0.469 e. The molecule has 0 unspecified atom stereocenters. The Morgan fingerprint density at radius 1 is 1.09 bits per heavy atom. The zero-order valence-corrected chi connectivity index (χ0v) is 14.9. The summed E-state index contributed by atoms with van der Waals surface area (Å²) < 4.78 is 11.9. The van der Waals surface area contributed by atoms with Crippen molar-refractivity contribution in [2.75, 3.05) is 18.6 Å². The SMILES string of the molecule is COC(=O)Cc1cc(Br)c(Oc2ccc(N)c(N)c2)c(Br)c1. The van der Waals surface area contributed by atoms with E-state index in [0.29, 0.717) is 31.8 Å². The summed E-state index contributed by atoms with van der Waals surface area (Å²) in [6.07, 6.45) is 0.183. The van der Waals surface area contributed by atoms with Crippen LogP contribution < -0.4 is 16.2 Å². The number of hydrogen-bond donors (Lipinski definition) is 2. The third-order valence-corrected chi connectivity index (χ3v) is 4.09. The van der Waals surface area contributed by atoms with Gasteiger partial charge in [-0.25, -0.2) is 0 Å². The lowest BCUT2D eigenvalue weighted by Crippen LogP contribution is -2.04. The van der Waals surface area contributed by atoms with Gasteiger partial charge in [-0.1, -0.05) is 0 Å². The highest BCUT2D eigenvalue weighted by atomic mass is 79.9. The number of anilines is 2. The Morgan fingerprint density at radius 3 is 2.27 bits per heavy atom. The highest BCUT2D eigenvalue weighted by Gasteiger charge is 2.13. The molecule has 0 bridgehead atoms. The maximum Gasteiger partial charge on any atom is 0.309 e. The van der Waals surface area contributed by atoms with Gasteiger partial charge in [0.05, 0.1) is 33.9 Å². The van der Waals surface area contributed by atoms with E-state index in [2.05, 4.69) is 36.6 Å². The molecule has 0 amide bonds. The largest absolute Gasteiger partial charge is 0.469 e. The van der Waals surface area contributed by atoms with E-state index in [1.807, 2.05) is 0 Å². The molecule has 0 aliphatic heterocycles. The van der Waals surface area contributed by atoms with Crippen molar-refractivity contribution < 1.29 is 14.3 Å². The average molecular weight is 430 g/mol. The number of esters is 1. The molecule has 22 heavy (non-hydrogen) atoms. The van der Waals surface area contributed by atoms with Crippen molar-refractivity contribution in [3.8, 4) is 11.5 Å². The highest BCUT2D eigenvalue weighted by Crippen LogP contribution is 2.38. The summed E-state index contributed by atoms with van der Waals surface area (Å²) in [6, 6.07) is 8.66. The van der Waals surface area contributed by atoms with Crippen LogP contribution in [0.5, 0.6) is 11.5 Å². The van der Waals surface area contributed by atoms with Gasteiger partial charge in [-0.15, -0.1) is 0 Å². The second-order valence-electron chi connectivity index (χ2n) is 4.53. The van der Waals surface area contributed by atoms with Crippen LogP contribution in [0.1, 0.15) is 5.56 Å². The van der Waals surface area contributed by atoms with Gasteiger partial charge in [0.1, 0.15) is 5.75 Å². The van der Waals surface area contributed by atoms with Gasteiger partial charge >= 0.3 is 5.97 Å². The molecule has 0 heterocycles. The molecule has 2 aromatic carbocycles. The van der Waals surface area contributed by atoms with Gasteiger partial charge in [0.15, 0.2) is 5.75 Å². The first-order valence-corrected chi connectivity index (χ1v) is 7.87. The second-order valence-corrected chi connectivity index (χ2v) is 6.24. The molecule has 7 heteroatoms. The predicted octanol–water partition coefficient (Wildman–Crippen LogP) is 3.88. The Balaban J connectivity index is 2.28. The normalized spacial score (nSPS) is 10.3. The Morgan fingerprint density at radius 2 is 1.73 bits per heavy atom. The van der Waals surface area contributed by atoms with E-state index in [9.17, 15) is 4.79 Å². The number of rotatable bonds is 4. The van der Waals surface area contributed by atoms with E-state index >= 15 is 0 Å². The highest BCUT2D eigenvalue weighted by molar-refractivity contribution is 9.11. The molecule has 0 aliphatic rings. The van der Waals surface area contributed by atoms with Crippen molar-refractivity contribution in [3.63, 3.8) is 0 Å². The van der Waals surface area contributed by atoms with Gasteiger partial charge in [0.25, 0.3) is 0 Å². The minimum atomic E-state index is -0.307. The summed E-state index contributed by atoms with van der Waals surface area (Å²) in [6.45, 7) is 0. The second kappa shape index (κ2) is 7.02. The topological polar surface area (TPSA) is 87.6 Å². The van der Waals surface area contributed by atoms with Gasteiger partial charge in [-0.3, -0.25) is 4.79 Å². The fourth-order valence-electron chi connectivity index (χ4n) is 1.78. The van der Waals surface area contributed by atoms with Crippen LogP contribution in [0.3, 0.4) is 0 Å². The zero-order chi connectivity index (χ0) is 16.3. The number of nitrogen functional groups attached to an aromatic ring is 2. The molecule has 0 radical (unpaired) electrons. The fourth-order valence-corrected chi connectivity index (χ4v) is 3.23. The van der Waals surface area contributed by atoms with E-state index in [1.165, 1.54) is 7.11 Å². The summed E-state index contributed by atoms with van der Waals surface area (Å²) in [5.41, 5.74) is 13.2. The molecule has 116 valence electrons. The molecule has 4 N–H and O–H groups in total. The Bertz CT molecular complexity index is 697. The van der Waals surface area contributed by atoms with Crippen LogP contribution in [0.2, 0.25) is 0 Å². The lowest BCUT2D eigenvalue weighted by molar-refractivity contribution is -0.139. The Labute approximate surface area is 144 Å². The average Bonchev–Trinajstić information content (AvgIpc) is 2.46. The molecular formula is C15H14Br2N2O3. The zero-order valence-electron chi connectivity index (χ0n) is 11.7. The Hall–Kier alpha value is -1.73. The van der Waals surface area contributed by atoms with Crippen molar-refractivity contribution in [1.29, 1.82) is 0 Å². The Kier molecular flexibility index (Phi) is 5.31. The van der Waals surface area contributed by atoms with E-state index in [4.69, 9.17) is 16.2 Å². The summed E-state index contributed by atoms with van der Waals surface area (Å²) in [4.78, 5) is 11.3. The molecule has 0 spiro atoms. The van der Waals surface area contributed by atoms with E-state index in [0.717, 1.165) is 5.56 Å². The summed E-state index contributed by atoms with van der Waals surface area (Å²) >= 11 is 6.87. The third kappa shape index (κ3) is 3.92. The molecule has 0 fully saturated rings. The molecule has 2 rings (SSSR count). The lowest BCUT2D eigenvalue weighted by Gasteiger charge is -2.12. The monoisotopic (exact) mass is 428 g/mol. The van der Waals surface area contributed by atoms with Crippen LogP contribution in [-0.2, 0) is 16.0 Å². The summed E-state index contributed by atoms with van der Waals surface area (Å²) in [5.74, 6) is 0.838. The van der Waals surface area contributed by atoms with E-state index in [-0.39, 0.29) is 12.4 Å². The molecule has 0 saturated carbocycles. The standard InChI is InChI=1S/C15H14Br2N2O3/c1-21-14(20)6-8-4-10(16)15(11(17)5-8)22-9-2-3-12(18)13(19)7-9/h2-5,7H,6,18-19H2,1H3. The number of carbonyl (C=O) groups is 1. The summed E-state index contributed by atoms with van der Waals surface area (Å²) in [7, 11) is 1.36. The van der Waals surface area contributed by atoms with Crippen LogP contribution in [0.15, 0.2) is 39.3 Å². The first-order chi connectivity index (χ1) is 10.4. The van der Waals surface area contributed by atoms with Gasteiger partial charge in [0.2, 0.25) is 0 Å². The fraction of sp³-hybridized carbons (Fsp3) is 0.133. The molecule has 0 aromatic heterocycles.